The fraction of sp³-hybridized carbons (Fsp3) is 0.846. The van der Waals surface area contributed by atoms with Gasteiger partial charge in [-0.25, -0.2) is 0 Å². The van der Waals surface area contributed by atoms with Crippen molar-refractivity contribution in [1.29, 1.82) is 0 Å². The molecule has 1 aliphatic carbocycles. The molecule has 0 bridgehead atoms. The van der Waals surface area contributed by atoms with Crippen LogP contribution in [0.1, 0.15) is 59.3 Å². The van der Waals surface area contributed by atoms with E-state index < -0.39 is 0 Å². The van der Waals surface area contributed by atoms with Gasteiger partial charge in [-0.3, -0.25) is 0 Å². The van der Waals surface area contributed by atoms with Gasteiger partial charge in [0.25, 0.3) is 0 Å². The van der Waals surface area contributed by atoms with Crippen LogP contribution in [0.4, 0.5) is 0 Å². The first kappa shape index (κ1) is 10.8. The Morgan fingerprint density at radius 1 is 1.46 bits per heavy atom. The second-order valence-electron chi connectivity index (χ2n) is 5.28. The molecule has 13 heavy (non-hydrogen) atoms. The summed E-state index contributed by atoms with van der Waals surface area (Å²) in [5.74, 6) is 0.909. The van der Waals surface area contributed by atoms with E-state index in [1.165, 1.54) is 44.1 Å². The van der Waals surface area contributed by atoms with E-state index in [2.05, 4.69) is 27.4 Å². The topological polar surface area (TPSA) is 0 Å². The molecule has 0 spiro atoms. The molecule has 1 saturated carbocycles. The van der Waals surface area contributed by atoms with Crippen molar-refractivity contribution in [2.45, 2.75) is 59.3 Å². The Hall–Kier alpha value is -0.260. The summed E-state index contributed by atoms with van der Waals surface area (Å²) in [7, 11) is 0. The van der Waals surface area contributed by atoms with Gasteiger partial charge in [0.2, 0.25) is 0 Å². The third-order valence-electron chi connectivity index (χ3n) is 3.66. The minimum absolute atomic E-state index is 0.551. The average molecular weight is 180 g/mol. The molecule has 0 N–H and O–H groups in total. The number of unbranched alkanes of at least 4 members (excludes halogenated alkanes) is 1. The van der Waals surface area contributed by atoms with Crippen LogP contribution in [0.2, 0.25) is 0 Å². The molecule has 1 rings (SSSR count). The highest BCUT2D eigenvalue weighted by molar-refractivity contribution is 5.04. The van der Waals surface area contributed by atoms with Crippen LogP contribution in [-0.4, -0.2) is 0 Å². The molecular weight excluding hydrogens is 156 g/mol. The van der Waals surface area contributed by atoms with Gasteiger partial charge in [-0.15, -0.1) is 0 Å². The van der Waals surface area contributed by atoms with Crippen molar-refractivity contribution in [2.24, 2.45) is 11.3 Å². The second-order valence-corrected chi connectivity index (χ2v) is 5.28. The van der Waals surface area contributed by atoms with Crippen molar-refractivity contribution in [3.63, 3.8) is 0 Å². The van der Waals surface area contributed by atoms with E-state index in [9.17, 15) is 0 Å². The second kappa shape index (κ2) is 4.30. The summed E-state index contributed by atoms with van der Waals surface area (Å²) >= 11 is 0. The van der Waals surface area contributed by atoms with Crippen molar-refractivity contribution in [3.8, 4) is 0 Å². The monoisotopic (exact) mass is 180 g/mol. The van der Waals surface area contributed by atoms with Gasteiger partial charge in [0.05, 0.1) is 0 Å². The number of allylic oxidation sites excluding steroid dienone is 1. The Balaban J connectivity index is 2.43. The van der Waals surface area contributed by atoms with E-state index in [0.717, 1.165) is 5.92 Å². The van der Waals surface area contributed by atoms with Crippen LogP contribution in [0, 0.1) is 11.3 Å². The zero-order valence-corrected chi connectivity index (χ0v) is 9.53. The minimum atomic E-state index is 0.551. The smallest absolute Gasteiger partial charge is 0.0289 e. The average Bonchev–Trinajstić information content (AvgIpc) is 2.49. The van der Waals surface area contributed by atoms with E-state index in [-0.39, 0.29) is 0 Å². The van der Waals surface area contributed by atoms with Crippen LogP contribution >= 0.6 is 0 Å². The fourth-order valence-electron chi connectivity index (χ4n) is 2.43. The lowest BCUT2D eigenvalue weighted by Gasteiger charge is -2.31. The van der Waals surface area contributed by atoms with Crippen molar-refractivity contribution in [3.05, 3.63) is 12.2 Å². The molecule has 0 aliphatic heterocycles. The summed E-state index contributed by atoms with van der Waals surface area (Å²) in [6, 6.07) is 0. The lowest BCUT2D eigenvalue weighted by Crippen LogP contribution is -2.21. The quantitative estimate of drug-likeness (QED) is 0.556. The molecular formula is C13H24. The first-order valence-corrected chi connectivity index (χ1v) is 5.73. The van der Waals surface area contributed by atoms with Crippen molar-refractivity contribution >= 4 is 0 Å². The summed E-state index contributed by atoms with van der Waals surface area (Å²) in [6.45, 7) is 11.3. The normalized spacial score (nSPS) is 23.9. The van der Waals surface area contributed by atoms with Crippen LogP contribution in [-0.2, 0) is 0 Å². The number of hydrogen-bond acceptors (Lipinski definition) is 0. The van der Waals surface area contributed by atoms with Crippen molar-refractivity contribution in [2.75, 3.05) is 0 Å². The van der Waals surface area contributed by atoms with Crippen LogP contribution in [0.5, 0.6) is 0 Å². The summed E-state index contributed by atoms with van der Waals surface area (Å²) in [4.78, 5) is 0. The summed E-state index contributed by atoms with van der Waals surface area (Å²) in [5, 5.41) is 0. The minimum Gasteiger partial charge on any atom is -0.0999 e. The molecule has 0 heteroatoms. The standard InChI is InChI=1S/C13H24/c1-5-6-9-13(3,4)12-8-7-11(2)10-12/h12H,2,5-10H2,1,3-4H3. The maximum absolute atomic E-state index is 4.10. The molecule has 0 radical (unpaired) electrons. The molecule has 1 aliphatic rings. The van der Waals surface area contributed by atoms with Gasteiger partial charge in [0, 0.05) is 0 Å². The van der Waals surface area contributed by atoms with E-state index in [4.69, 9.17) is 0 Å². The van der Waals surface area contributed by atoms with Crippen LogP contribution < -0.4 is 0 Å². The number of hydrogen-bond donors (Lipinski definition) is 0. The van der Waals surface area contributed by atoms with Gasteiger partial charge in [-0.1, -0.05) is 45.8 Å². The first-order valence-electron chi connectivity index (χ1n) is 5.73. The largest absolute Gasteiger partial charge is 0.0999 e. The van der Waals surface area contributed by atoms with Gasteiger partial charge >= 0.3 is 0 Å². The molecule has 0 aromatic carbocycles. The molecule has 76 valence electrons. The van der Waals surface area contributed by atoms with Gasteiger partial charge in [0.15, 0.2) is 0 Å². The zero-order valence-electron chi connectivity index (χ0n) is 9.53. The summed E-state index contributed by atoms with van der Waals surface area (Å²) < 4.78 is 0. The molecule has 0 aromatic heterocycles. The van der Waals surface area contributed by atoms with E-state index in [0.29, 0.717) is 5.41 Å². The highest BCUT2D eigenvalue weighted by Gasteiger charge is 2.32. The predicted octanol–water partition coefficient (Wildman–Crippen LogP) is 4.56. The molecule has 0 heterocycles. The van der Waals surface area contributed by atoms with Gasteiger partial charge in [-0.2, -0.15) is 0 Å². The Morgan fingerprint density at radius 2 is 2.15 bits per heavy atom. The molecule has 0 amide bonds. The third-order valence-corrected chi connectivity index (χ3v) is 3.66. The van der Waals surface area contributed by atoms with Crippen molar-refractivity contribution in [1.82, 2.24) is 0 Å². The highest BCUT2D eigenvalue weighted by atomic mass is 14.4. The molecule has 0 nitrogen and oxygen atoms in total. The Kier molecular flexibility index (Phi) is 3.58. The Bertz CT molecular complexity index is 176. The van der Waals surface area contributed by atoms with E-state index >= 15 is 0 Å². The number of rotatable bonds is 4. The van der Waals surface area contributed by atoms with E-state index in [1.807, 2.05) is 0 Å². The molecule has 1 atom stereocenters. The van der Waals surface area contributed by atoms with E-state index in [1.54, 1.807) is 0 Å². The lowest BCUT2D eigenvalue weighted by atomic mass is 9.74. The Labute approximate surface area is 83.4 Å². The van der Waals surface area contributed by atoms with Gasteiger partial charge in [-0.05, 0) is 37.0 Å². The summed E-state index contributed by atoms with van der Waals surface area (Å²) in [6.07, 6.45) is 8.06. The molecule has 1 fully saturated rings. The lowest BCUT2D eigenvalue weighted by molar-refractivity contribution is 0.196. The molecule has 0 aromatic rings. The SMILES string of the molecule is C=C1CCC(C(C)(C)CCCC)C1. The highest BCUT2D eigenvalue weighted by Crippen LogP contribution is 2.44. The third kappa shape index (κ3) is 2.86. The van der Waals surface area contributed by atoms with Crippen LogP contribution in [0.15, 0.2) is 12.2 Å². The predicted molar refractivity (Wildman–Crippen MR) is 59.8 cm³/mol. The van der Waals surface area contributed by atoms with Crippen molar-refractivity contribution < 1.29 is 0 Å². The Morgan fingerprint density at radius 3 is 2.62 bits per heavy atom. The maximum atomic E-state index is 4.10. The van der Waals surface area contributed by atoms with Gasteiger partial charge in [0.1, 0.15) is 0 Å². The fourth-order valence-corrected chi connectivity index (χ4v) is 2.43. The first-order chi connectivity index (χ1) is 6.06. The van der Waals surface area contributed by atoms with Crippen LogP contribution in [0.25, 0.3) is 0 Å². The van der Waals surface area contributed by atoms with Gasteiger partial charge < -0.3 is 0 Å². The zero-order chi connectivity index (χ0) is 9.90. The maximum Gasteiger partial charge on any atom is -0.0289 e. The van der Waals surface area contributed by atoms with Crippen LogP contribution in [0.3, 0.4) is 0 Å². The molecule has 1 unspecified atom stereocenters. The summed E-state index contributed by atoms with van der Waals surface area (Å²) in [5.41, 5.74) is 2.03. The molecule has 0 saturated heterocycles.